The number of thioether (sulfide) groups is 1. The molecule has 0 aliphatic carbocycles. The molecule has 2 amide bonds. The molecule has 4 N–H and O–H groups in total. The van der Waals surface area contributed by atoms with Gasteiger partial charge in [-0.2, -0.15) is 5.26 Å². The Morgan fingerprint density at radius 2 is 1.75 bits per heavy atom. The van der Waals surface area contributed by atoms with Crippen LogP contribution in [0.5, 0.6) is 17.2 Å². The van der Waals surface area contributed by atoms with Gasteiger partial charge in [-0.25, -0.2) is 0 Å². The molecule has 1 aliphatic rings. The van der Waals surface area contributed by atoms with Crippen LogP contribution in [0.3, 0.4) is 0 Å². The molecule has 9 nitrogen and oxygen atoms in total. The molecule has 0 spiro atoms. The molecule has 1 unspecified atom stereocenters. The minimum atomic E-state index is -0.784. The number of phenols is 1. The molecule has 3 aromatic carbocycles. The fourth-order valence-corrected chi connectivity index (χ4v) is 5.18. The lowest BCUT2D eigenvalue weighted by Crippen LogP contribution is -2.31. The number of carbonyl (C=O) groups excluding carboxylic acids is 2. The van der Waals surface area contributed by atoms with Crippen LogP contribution in [0.2, 0.25) is 0 Å². The quantitative estimate of drug-likeness (QED) is 0.286. The van der Waals surface area contributed by atoms with Crippen LogP contribution in [0, 0.1) is 11.3 Å². The van der Waals surface area contributed by atoms with E-state index in [0.29, 0.717) is 39.0 Å². The zero-order valence-corrected chi connectivity index (χ0v) is 23.0. The maximum absolute atomic E-state index is 13.6. The number of dihydropyridines is 1. The number of anilines is 2. The molecular formula is C30H28N4O5S. The molecule has 0 bridgehead atoms. The number of nitriles is 1. The highest BCUT2D eigenvalue weighted by molar-refractivity contribution is 8.03. The third kappa shape index (κ3) is 6.39. The Morgan fingerprint density at radius 1 is 1.00 bits per heavy atom. The summed E-state index contributed by atoms with van der Waals surface area (Å²) in [5.41, 5.74) is 2.88. The number of para-hydroxylation sites is 1. The van der Waals surface area contributed by atoms with Crippen molar-refractivity contribution in [3.8, 4) is 23.3 Å². The van der Waals surface area contributed by atoms with Gasteiger partial charge in [0.25, 0.3) is 5.91 Å². The van der Waals surface area contributed by atoms with Crippen LogP contribution in [0.4, 0.5) is 11.4 Å². The van der Waals surface area contributed by atoms with Crippen LogP contribution in [0.1, 0.15) is 18.4 Å². The van der Waals surface area contributed by atoms with Crippen LogP contribution in [-0.2, 0) is 9.59 Å². The van der Waals surface area contributed by atoms with Gasteiger partial charge in [0, 0.05) is 28.7 Å². The lowest BCUT2D eigenvalue weighted by Gasteiger charge is -2.30. The summed E-state index contributed by atoms with van der Waals surface area (Å²) in [6, 6.07) is 23.0. The van der Waals surface area contributed by atoms with E-state index in [9.17, 15) is 20.0 Å². The van der Waals surface area contributed by atoms with Crippen LogP contribution in [0.25, 0.3) is 0 Å². The number of phenolic OH excluding ortho intramolecular Hbond substituents is 1. The van der Waals surface area contributed by atoms with E-state index >= 15 is 0 Å². The van der Waals surface area contributed by atoms with Crippen molar-refractivity contribution in [2.24, 2.45) is 0 Å². The van der Waals surface area contributed by atoms with Crippen molar-refractivity contribution in [3.05, 3.63) is 100 Å². The number of carbonyl (C=O) groups is 2. The molecule has 0 aromatic heterocycles. The molecule has 0 saturated heterocycles. The van der Waals surface area contributed by atoms with E-state index < -0.39 is 5.92 Å². The number of amides is 2. The van der Waals surface area contributed by atoms with Gasteiger partial charge in [0.05, 0.1) is 42.6 Å². The second kappa shape index (κ2) is 12.8. The Morgan fingerprint density at radius 3 is 2.45 bits per heavy atom. The van der Waals surface area contributed by atoms with E-state index in [4.69, 9.17) is 9.47 Å². The molecule has 1 atom stereocenters. The minimum Gasteiger partial charge on any atom is -0.504 e. The van der Waals surface area contributed by atoms with Crippen LogP contribution in [0.15, 0.2) is 94.7 Å². The fraction of sp³-hybridized carbons (Fsp3) is 0.167. The Kier molecular flexibility index (Phi) is 8.99. The number of methoxy groups -OCH3 is 2. The highest BCUT2D eigenvalue weighted by Crippen LogP contribution is 2.43. The first-order chi connectivity index (χ1) is 19.3. The van der Waals surface area contributed by atoms with E-state index in [0.717, 1.165) is 11.8 Å². The van der Waals surface area contributed by atoms with Crippen molar-refractivity contribution in [2.45, 2.75) is 12.8 Å². The summed E-state index contributed by atoms with van der Waals surface area (Å²) in [7, 11) is 2.97. The number of hydrogen-bond acceptors (Lipinski definition) is 8. The van der Waals surface area contributed by atoms with Crippen LogP contribution in [-0.4, -0.2) is 36.9 Å². The first-order valence-electron chi connectivity index (χ1n) is 12.3. The van der Waals surface area contributed by atoms with Crippen molar-refractivity contribution < 1.29 is 24.2 Å². The van der Waals surface area contributed by atoms with Crippen LogP contribution < -0.4 is 25.4 Å². The van der Waals surface area contributed by atoms with Gasteiger partial charge in [-0.1, -0.05) is 42.1 Å². The fourth-order valence-electron chi connectivity index (χ4n) is 4.29. The number of hydrogen-bond donors (Lipinski definition) is 4. The molecule has 1 heterocycles. The molecule has 1 aliphatic heterocycles. The lowest BCUT2D eigenvalue weighted by atomic mass is 9.82. The molecule has 0 saturated carbocycles. The van der Waals surface area contributed by atoms with Crippen LogP contribution >= 0.6 is 11.8 Å². The van der Waals surface area contributed by atoms with Crippen molar-refractivity contribution in [1.82, 2.24) is 5.32 Å². The van der Waals surface area contributed by atoms with Gasteiger partial charge >= 0.3 is 0 Å². The standard InChI is InChI=1S/C30H28N4O5S/c1-18-27(29(37)34-20-8-5-4-6-9-20)28(19-12-13-24(35)25(14-19)39-3)23(16-31)30(32-18)40-17-26(36)33-21-10-7-11-22(15-21)38-2/h4-15,28,32,35H,17H2,1-3H3,(H,33,36)(H,34,37). The smallest absolute Gasteiger partial charge is 0.254 e. The monoisotopic (exact) mass is 556 g/mol. The Hall–Kier alpha value is -4.88. The summed E-state index contributed by atoms with van der Waals surface area (Å²) in [5.74, 6) is -0.683. The van der Waals surface area contributed by atoms with E-state index in [-0.39, 0.29) is 34.6 Å². The minimum absolute atomic E-state index is 0.00909. The van der Waals surface area contributed by atoms with Gasteiger partial charge in [-0.05, 0) is 48.9 Å². The van der Waals surface area contributed by atoms with Gasteiger partial charge in [0.1, 0.15) is 5.75 Å². The van der Waals surface area contributed by atoms with Crippen molar-refractivity contribution in [2.75, 3.05) is 30.6 Å². The molecule has 40 heavy (non-hydrogen) atoms. The Bertz CT molecular complexity index is 1530. The van der Waals surface area contributed by atoms with Gasteiger partial charge in [0.15, 0.2) is 11.5 Å². The van der Waals surface area contributed by atoms with E-state index in [1.165, 1.54) is 13.2 Å². The lowest BCUT2D eigenvalue weighted by molar-refractivity contribution is -0.114. The molecular weight excluding hydrogens is 528 g/mol. The van der Waals surface area contributed by atoms with E-state index in [1.807, 2.05) is 18.2 Å². The van der Waals surface area contributed by atoms with E-state index in [1.54, 1.807) is 62.6 Å². The van der Waals surface area contributed by atoms with Crippen molar-refractivity contribution in [1.29, 1.82) is 5.26 Å². The largest absolute Gasteiger partial charge is 0.504 e. The predicted octanol–water partition coefficient (Wildman–Crippen LogP) is 5.12. The first-order valence-corrected chi connectivity index (χ1v) is 13.2. The number of aromatic hydroxyl groups is 1. The third-order valence-electron chi connectivity index (χ3n) is 6.16. The Balaban J connectivity index is 1.66. The maximum Gasteiger partial charge on any atom is 0.254 e. The topological polar surface area (TPSA) is 133 Å². The predicted molar refractivity (Wildman–Crippen MR) is 155 cm³/mol. The third-order valence-corrected chi connectivity index (χ3v) is 7.18. The molecule has 10 heteroatoms. The summed E-state index contributed by atoms with van der Waals surface area (Å²) in [6.45, 7) is 1.75. The summed E-state index contributed by atoms with van der Waals surface area (Å²) in [5, 5.41) is 29.8. The number of rotatable bonds is 9. The molecule has 3 aromatic rings. The van der Waals surface area contributed by atoms with Crippen molar-refractivity contribution in [3.63, 3.8) is 0 Å². The SMILES string of the molecule is COc1cccc(NC(=O)CSC2=C(C#N)C(c3ccc(O)c(OC)c3)C(C(=O)Nc3ccccc3)=C(C)N2)c1. The second-order valence-corrected chi connectivity index (χ2v) is 9.76. The highest BCUT2D eigenvalue weighted by atomic mass is 32.2. The normalized spacial score (nSPS) is 14.6. The molecule has 0 fully saturated rings. The zero-order chi connectivity index (χ0) is 28.6. The summed E-state index contributed by atoms with van der Waals surface area (Å²) in [6.07, 6.45) is 0. The highest BCUT2D eigenvalue weighted by Gasteiger charge is 2.35. The average Bonchev–Trinajstić information content (AvgIpc) is 2.96. The number of ether oxygens (including phenoxy) is 2. The number of nitrogens with one attached hydrogen (secondary N) is 3. The maximum atomic E-state index is 13.6. The summed E-state index contributed by atoms with van der Waals surface area (Å²) >= 11 is 1.16. The molecule has 4 rings (SSSR count). The summed E-state index contributed by atoms with van der Waals surface area (Å²) < 4.78 is 10.5. The molecule has 0 radical (unpaired) electrons. The van der Waals surface area contributed by atoms with Gasteiger partial charge in [0.2, 0.25) is 5.91 Å². The summed E-state index contributed by atoms with van der Waals surface area (Å²) in [4.78, 5) is 26.3. The zero-order valence-electron chi connectivity index (χ0n) is 22.1. The molecule has 204 valence electrons. The average molecular weight is 557 g/mol. The van der Waals surface area contributed by atoms with Gasteiger partial charge in [-0.15, -0.1) is 0 Å². The number of nitrogens with zero attached hydrogens (tertiary/aromatic N) is 1. The van der Waals surface area contributed by atoms with Gasteiger partial charge in [-0.3, -0.25) is 9.59 Å². The van der Waals surface area contributed by atoms with Gasteiger partial charge < -0.3 is 30.5 Å². The van der Waals surface area contributed by atoms with E-state index in [2.05, 4.69) is 22.0 Å². The first kappa shape index (κ1) is 28.1. The Labute approximate surface area is 236 Å². The number of allylic oxidation sites excluding steroid dienone is 2. The number of benzene rings is 3. The van der Waals surface area contributed by atoms with Crippen molar-refractivity contribution >= 4 is 35.0 Å². The second-order valence-electron chi connectivity index (χ2n) is 8.77.